The van der Waals surface area contributed by atoms with Gasteiger partial charge < -0.3 is 5.73 Å². The summed E-state index contributed by atoms with van der Waals surface area (Å²) in [6.45, 7) is 0. The van der Waals surface area contributed by atoms with E-state index in [-0.39, 0.29) is 6.04 Å². The molecular weight excluding hydrogens is 180 g/mol. The molecule has 0 aliphatic rings. The Morgan fingerprint density at radius 3 is 2.71 bits per heavy atom. The first-order valence-corrected chi connectivity index (χ1v) is 4.28. The molecule has 2 heterocycles. The third kappa shape index (κ3) is 1.39. The largest absolute Gasteiger partial charge is 0.318 e. The highest BCUT2D eigenvalue weighted by molar-refractivity contribution is 5.17. The van der Waals surface area contributed by atoms with Gasteiger partial charge in [-0.1, -0.05) is 5.21 Å². The Balaban J connectivity index is 2.33. The monoisotopic (exact) mass is 192 g/mol. The van der Waals surface area contributed by atoms with Gasteiger partial charge in [0.2, 0.25) is 0 Å². The second-order valence-corrected chi connectivity index (χ2v) is 3.17. The van der Waals surface area contributed by atoms with Crippen molar-refractivity contribution in [3.63, 3.8) is 0 Å². The van der Waals surface area contributed by atoms with Crippen LogP contribution >= 0.6 is 0 Å². The van der Waals surface area contributed by atoms with E-state index >= 15 is 0 Å². The highest BCUT2D eigenvalue weighted by Crippen LogP contribution is 2.15. The minimum absolute atomic E-state index is 0.267. The van der Waals surface area contributed by atoms with Gasteiger partial charge in [-0.15, -0.1) is 5.10 Å². The second kappa shape index (κ2) is 3.22. The minimum Gasteiger partial charge on any atom is -0.318 e. The zero-order chi connectivity index (χ0) is 10.1. The molecule has 2 rings (SSSR count). The molecule has 0 radical (unpaired) electrons. The summed E-state index contributed by atoms with van der Waals surface area (Å²) in [6, 6.07) is 1.62. The van der Waals surface area contributed by atoms with Gasteiger partial charge in [0.1, 0.15) is 0 Å². The van der Waals surface area contributed by atoms with Crippen molar-refractivity contribution >= 4 is 0 Å². The number of nitrogens with zero attached hydrogens (tertiary/aromatic N) is 5. The van der Waals surface area contributed by atoms with Crippen LogP contribution in [0.5, 0.6) is 0 Å². The van der Waals surface area contributed by atoms with Crippen molar-refractivity contribution in [2.24, 2.45) is 19.8 Å². The molecule has 1 atom stereocenters. The Labute approximate surface area is 81.3 Å². The maximum absolute atomic E-state index is 6.00. The van der Waals surface area contributed by atoms with E-state index in [9.17, 15) is 0 Å². The first kappa shape index (κ1) is 8.89. The summed E-state index contributed by atoms with van der Waals surface area (Å²) in [4.78, 5) is 0. The van der Waals surface area contributed by atoms with Gasteiger partial charge in [0, 0.05) is 20.3 Å². The van der Waals surface area contributed by atoms with E-state index < -0.39 is 0 Å². The van der Waals surface area contributed by atoms with Crippen molar-refractivity contribution < 1.29 is 0 Å². The fourth-order valence-corrected chi connectivity index (χ4v) is 1.33. The lowest BCUT2D eigenvalue weighted by Gasteiger charge is -2.07. The van der Waals surface area contributed by atoms with Crippen LogP contribution in [0.15, 0.2) is 18.5 Å². The summed E-state index contributed by atoms with van der Waals surface area (Å²) in [5.41, 5.74) is 7.67. The van der Waals surface area contributed by atoms with E-state index in [4.69, 9.17) is 5.73 Å². The molecule has 1 unspecified atom stereocenters. The van der Waals surface area contributed by atoms with E-state index in [1.54, 1.807) is 15.6 Å². The Kier molecular flexibility index (Phi) is 2.05. The molecule has 0 bridgehead atoms. The molecule has 0 saturated carbocycles. The fourth-order valence-electron chi connectivity index (χ4n) is 1.33. The number of nitrogens with two attached hydrogens (primary N) is 1. The van der Waals surface area contributed by atoms with Crippen LogP contribution in [0.3, 0.4) is 0 Å². The molecule has 74 valence electrons. The molecular formula is C8H12N6. The third-order valence-electron chi connectivity index (χ3n) is 2.12. The van der Waals surface area contributed by atoms with E-state index in [0.717, 1.165) is 11.4 Å². The van der Waals surface area contributed by atoms with E-state index in [1.807, 2.05) is 26.4 Å². The highest BCUT2D eigenvalue weighted by atomic mass is 15.4. The summed E-state index contributed by atoms with van der Waals surface area (Å²) >= 11 is 0. The van der Waals surface area contributed by atoms with Crippen LogP contribution in [0.4, 0.5) is 0 Å². The van der Waals surface area contributed by atoms with Crippen molar-refractivity contribution in [1.29, 1.82) is 0 Å². The molecule has 6 nitrogen and oxygen atoms in total. The number of aromatic nitrogens is 5. The van der Waals surface area contributed by atoms with Crippen LogP contribution in [0.2, 0.25) is 0 Å². The summed E-state index contributed by atoms with van der Waals surface area (Å²) in [7, 11) is 3.67. The topological polar surface area (TPSA) is 74.6 Å². The van der Waals surface area contributed by atoms with Gasteiger partial charge in [-0.05, 0) is 6.07 Å². The van der Waals surface area contributed by atoms with Gasteiger partial charge in [-0.25, -0.2) is 0 Å². The van der Waals surface area contributed by atoms with Crippen molar-refractivity contribution in [3.8, 4) is 0 Å². The van der Waals surface area contributed by atoms with Gasteiger partial charge in [-0.2, -0.15) is 5.10 Å². The molecule has 0 amide bonds. The van der Waals surface area contributed by atoms with E-state index in [0.29, 0.717) is 0 Å². The molecule has 2 N–H and O–H groups in total. The average Bonchev–Trinajstić information content (AvgIpc) is 2.73. The predicted molar refractivity (Wildman–Crippen MR) is 50.2 cm³/mol. The molecule has 2 aromatic heterocycles. The molecule has 6 heteroatoms. The van der Waals surface area contributed by atoms with Crippen LogP contribution in [0, 0.1) is 0 Å². The fraction of sp³-hybridized carbons (Fsp3) is 0.375. The van der Waals surface area contributed by atoms with Gasteiger partial charge >= 0.3 is 0 Å². The zero-order valence-corrected chi connectivity index (χ0v) is 8.12. The molecule has 14 heavy (non-hydrogen) atoms. The molecule has 0 saturated heterocycles. The smallest absolute Gasteiger partial charge is 0.0931 e. The molecule has 0 fully saturated rings. The predicted octanol–water partition coefficient (Wildman–Crippen LogP) is -0.403. The normalized spacial score (nSPS) is 13.1. The lowest BCUT2D eigenvalue weighted by molar-refractivity contribution is 0.634. The third-order valence-corrected chi connectivity index (χ3v) is 2.12. The van der Waals surface area contributed by atoms with Gasteiger partial charge in [0.05, 0.1) is 23.6 Å². The first-order chi connectivity index (χ1) is 6.68. The average molecular weight is 192 g/mol. The van der Waals surface area contributed by atoms with Crippen LogP contribution in [0.1, 0.15) is 17.4 Å². The summed E-state index contributed by atoms with van der Waals surface area (Å²) in [5.74, 6) is 0. The summed E-state index contributed by atoms with van der Waals surface area (Å²) < 4.78 is 3.37. The molecule has 0 aromatic carbocycles. The quantitative estimate of drug-likeness (QED) is 0.702. The maximum Gasteiger partial charge on any atom is 0.0931 e. The molecule has 0 aliphatic carbocycles. The number of hydrogen-bond acceptors (Lipinski definition) is 4. The lowest BCUT2D eigenvalue weighted by Crippen LogP contribution is -2.16. The van der Waals surface area contributed by atoms with E-state index in [1.165, 1.54) is 0 Å². The van der Waals surface area contributed by atoms with Crippen LogP contribution in [0.25, 0.3) is 0 Å². The van der Waals surface area contributed by atoms with Crippen molar-refractivity contribution in [2.45, 2.75) is 6.04 Å². The number of aryl methyl sites for hydroxylation is 2. The molecule has 2 aromatic rings. The Hall–Kier alpha value is -1.69. The first-order valence-electron chi connectivity index (χ1n) is 4.28. The minimum atomic E-state index is -0.267. The summed E-state index contributed by atoms with van der Waals surface area (Å²) in [6.07, 6.45) is 3.51. The SMILES string of the molecule is Cn1ccc(C(N)c2cnnn2C)n1. The summed E-state index contributed by atoms with van der Waals surface area (Å²) in [5, 5.41) is 11.8. The van der Waals surface area contributed by atoms with Gasteiger partial charge in [0.15, 0.2) is 0 Å². The lowest BCUT2D eigenvalue weighted by atomic mass is 10.2. The van der Waals surface area contributed by atoms with E-state index in [2.05, 4.69) is 15.4 Å². The van der Waals surface area contributed by atoms with Crippen molar-refractivity contribution in [3.05, 3.63) is 29.8 Å². The van der Waals surface area contributed by atoms with Gasteiger partial charge in [0.25, 0.3) is 0 Å². The maximum atomic E-state index is 6.00. The van der Waals surface area contributed by atoms with Crippen LogP contribution in [-0.4, -0.2) is 24.8 Å². The number of rotatable bonds is 2. The molecule has 0 aliphatic heterocycles. The zero-order valence-electron chi connectivity index (χ0n) is 8.12. The van der Waals surface area contributed by atoms with Crippen molar-refractivity contribution in [1.82, 2.24) is 24.8 Å². The Morgan fingerprint density at radius 2 is 2.21 bits per heavy atom. The molecule has 0 spiro atoms. The second-order valence-electron chi connectivity index (χ2n) is 3.17. The van der Waals surface area contributed by atoms with Gasteiger partial charge in [-0.3, -0.25) is 9.36 Å². The van der Waals surface area contributed by atoms with Crippen molar-refractivity contribution in [2.75, 3.05) is 0 Å². The van der Waals surface area contributed by atoms with Crippen LogP contribution in [-0.2, 0) is 14.1 Å². The standard InChI is InChI=1S/C8H12N6/c1-13-4-3-6(11-13)8(9)7-5-10-12-14(7)2/h3-5,8H,9H2,1-2H3. The number of hydrogen-bond donors (Lipinski definition) is 1. The highest BCUT2D eigenvalue weighted by Gasteiger charge is 2.15. The Bertz CT molecular complexity index is 428. The Morgan fingerprint density at radius 1 is 1.43 bits per heavy atom. The van der Waals surface area contributed by atoms with Crippen LogP contribution < -0.4 is 5.73 Å².